The van der Waals surface area contributed by atoms with Gasteiger partial charge >= 0.3 is 0 Å². The molecule has 1 N–H and O–H groups in total. The van der Waals surface area contributed by atoms with E-state index in [0.717, 1.165) is 34.8 Å². The van der Waals surface area contributed by atoms with Crippen LogP contribution in [0.2, 0.25) is 0 Å². The lowest BCUT2D eigenvalue weighted by atomic mass is 10.1. The summed E-state index contributed by atoms with van der Waals surface area (Å²) in [7, 11) is 0. The van der Waals surface area contributed by atoms with Gasteiger partial charge in [0.2, 0.25) is 5.88 Å². The van der Waals surface area contributed by atoms with Crippen molar-refractivity contribution in [3.05, 3.63) is 60.6 Å². The van der Waals surface area contributed by atoms with Crippen LogP contribution in [-0.2, 0) is 6.42 Å². The van der Waals surface area contributed by atoms with Gasteiger partial charge in [-0.3, -0.25) is 0 Å². The van der Waals surface area contributed by atoms with E-state index in [9.17, 15) is 0 Å². The molecule has 118 valence electrons. The number of hydrogen-bond acceptors (Lipinski definition) is 3. The molecule has 2 aromatic carbocycles. The molecule has 4 aromatic rings. The number of para-hydroxylation sites is 1. The minimum absolute atomic E-state index is 0.608. The first-order chi connectivity index (χ1) is 11.8. The Hall–Kier alpha value is -2.88. The first-order valence-corrected chi connectivity index (χ1v) is 8.34. The van der Waals surface area contributed by atoms with E-state index in [-0.39, 0.29) is 0 Å². The van der Waals surface area contributed by atoms with Gasteiger partial charge in [0.25, 0.3) is 0 Å². The van der Waals surface area contributed by atoms with Gasteiger partial charge < -0.3 is 9.72 Å². The Morgan fingerprint density at radius 2 is 1.83 bits per heavy atom. The predicted molar refractivity (Wildman–Crippen MR) is 94.3 cm³/mol. The highest BCUT2D eigenvalue weighted by Gasteiger charge is 2.22. The summed E-state index contributed by atoms with van der Waals surface area (Å²) in [6, 6.07) is 16.4. The molecule has 4 nitrogen and oxygen atoms in total. The van der Waals surface area contributed by atoms with Gasteiger partial charge in [-0.1, -0.05) is 18.2 Å². The first-order valence-electron chi connectivity index (χ1n) is 8.34. The molecule has 2 heterocycles. The molecule has 0 bridgehead atoms. The highest BCUT2D eigenvalue weighted by molar-refractivity contribution is 6.07. The lowest BCUT2D eigenvalue weighted by molar-refractivity contribution is 0.460. The second kappa shape index (κ2) is 5.34. The standard InChI is InChI=1S/C20H17N3O/c1-2-4-18-16(3-1)17-8-7-15(11-19(17)23-18)24-20-10-14(21-12-22-20)9-13-5-6-13/h1-4,7-8,10-13,23H,5-6,9H2. The van der Waals surface area contributed by atoms with Gasteiger partial charge in [-0.05, 0) is 43.4 Å². The van der Waals surface area contributed by atoms with Crippen molar-refractivity contribution >= 4 is 21.8 Å². The Morgan fingerprint density at radius 1 is 0.958 bits per heavy atom. The van der Waals surface area contributed by atoms with Crippen molar-refractivity contribution < 1.29 is 4.74 Å². The minimum atomic E-state index is 0.608. The lowest BCUT2D eigenvalue weighted by Crippen LogP contribution is -1.95. The van der Waals surface area contributed by atoms with Crippen LogP contribution in [0.4, 0.5) is 0 Å². The maximum Gasteiger partial charge on any atom is 0.222 e. The monoisotopic (exact) mass is 315 g/mol. The molecule has 1 fully saturated rings. The lowest BCUT2D eigenvalue weighted by Gasteiger charge is -2.06. The van der Waals surface area contributed by atoms with Crippen LogP contribution in [0.3, 0.4) is 0 Å². The quantitative estimate of drug-likeness (QED) is 0.585. The summed E-state index contributed by atoms with van der Waals surface area (Å²) < 4.78 is 5.95. The number of aromatic nitrogens is 3. The highest BCUT2D eigenvalue weighted by atomic mass is 16.5. The molecule has 0 unspecified atom stereocenters. The highest BCUT2D eigenvalue weighted by Crippen LogP contribution is 2.33. The third kappa shape index (κ3) is 2.50. The predicted octanol–water partition coefficient (Wildman–Crippen LogP) is 4.86. The topological polar surface area (TPSA) is 50.8 Å². The number of aromatic amines is 1. The Bertz CT molecular complexity index is 1030. The largest absolute Gasteiger partial charge is 0.439 e. The van der Waals surface area contributed by atoms with E-state index in [4.69, 9.17) is 4.74 Å². The second-order valence-electron chi connectivity index (χ2n) is 6.48. The van der Waals surface area contributed by atoms with Gasteiger partial charge in [0, 0.05) is 34.1 Å². The van der Waals surface area contributed by atoms with E-state index >= 15 is 0 Å². The Balaban J connectivity index is 1.47. The summed E-state index contributed by atoms with van der Waals surface area (Å²) in [5, 5.41) is 2.43. The maximum absolute atomic E-state index is 5.95. The van der Waals surface area contributed by atoms with Crippen molar-refractivity contribution in [3.8, 4) is 11.6 Å². The minimum Gasteiger partial charge on any atom is -0.439 e. The molecule has 1 aliphatic carbocycles. The zero-order valence-electron chi connectivity index (χ0n) is 13.2. The van der Waals surface area contributed by atoms with Crippen LogP contribution in [0.1, 0.15) is 18.5 Å². The summed E-state index contributed by atoms with van der Waals surface area (Å²) in [5.41, 5.74) is 3.27. The van der Waals surface area contributed by atoms with Gasteiger partial charge in [0.1, 0.15) is 12.1 Å². The molecule has 0 saturated heterocycles. The number of hydrogen-bond donors (Lipinski definition) is 1. The van der Waals surface area contributed by atoms with Crippen LogP contribution in [0, 0.1) is 5.92 Å². The van der Waals surface area contributed by atoms with E-state index in [0.29, 0.717) is 5.88 Å². The molecule has 4 heteroatoms. The van der Waals surface area contributed by atoms with Crippen LogP contribution in [0.5, 0.6) is 11.6 Å². The number of nitrogens with one attached hydrogen (secondary N) is 1. The fourth-order valence-corrected chi connectivity index (χ4v) is 3.18. The maximum atomic E-state index is 5.95. The normalized spacial score (nSPS) is 14.3. The number of rotatable bonds is 4. The van der Waals surface area contributed by atoms with Crippen molar-refractivity contribution in [1.29, 1.82) is 0 Å². The molecular weight excluding hydrogens is 298 g/mol. The van der Waals surface area contributed by atoms with Crippen molar-refractivity contribution in [2.75, 3.05) is 0 Å². The molecule has 5 rings (SSSR count). The van der Waals surface area contributed by atoms with Crippen molar-refractivity contribution in [1.82, 2.24) is 15.0 Å². The third-order valence-electron chi connectivity index (χ3n) is 4.59. The van der Waals surface area contributed by atoms with Gasteiger partial charge in [-0.2, -0.15) is 0 Å². The van der Waals surface area contributed by atoms with Crippen LogP contribution >= 0.6 is 0 Å². The molecule has 2 aromatic heterocycles. The fraction of sp³-hybridized carbons (Fsp3) is 0.200. The summed E-state index contributed by atoms with van der Waals surface area (Å²) >= 11 is 0. The van der Waals surface area contributed by atoms with E-state index in [1.807, 2.05) is 24.3 Å². The molecule has 0 aliphatic heterocycles. The van der Waals surface area contributed by atoms with Crippen molar-refractivity contribution in [2.24, 2.45) is 5.92 Å². The van der Waals surface area contributed by atoms with Crippen LogP contribution < -0.4 is 4.74 Å². The molecule has 24 heavy (non-hydrogen) atoms. The van der Waals surface area contributed by atoms with E-state index in [1.165, 1.54) is 23.6 Å². The van der Waals surface area contributed by atoms with Gasteiger partial charge in [0.15, 0.2) is 0 Å². The molecule has 1 saturated carbocycles. The van der Waals surface area contributed by atoms with Crippen LogP contribution in [0.15, 0.2) is 54.9 Å². The fourth-order valence-electron chi connectivity index (χ4n) is 3.18. The zero-order chi connectivity index (χ0) is 15.9. The third-order valence-corrected chi connectivity index (χ3v) is 4.59. The summed E-state index contributed by atoms with van der Waals surface area (Å²) in [4.78, 5) is 12.0. The number of H-pyrrole nitrogens is 1. The molecule has 0 spiro atoms. The second-order valence-corrected chi connectivity index (χ2v) is 6.48. The zero-order valence-corrected chi connectivity index (χ0v) is 13.2. The van der Waals surface area contributed by atoms with E-state index < -0.39 is 0 Å². The number of ether oxygens (including phenoxy) is 1. The molecule has 0 amide bonds. The number of nitrogens with zero attached hydrogens (tertiary/aromatic N) is 2. The summed E-state index contributed by atoms with van der Waals surface area (Å²) in [5.74, 6) is 2.19. The Kier molecular flexibility index (Phi) is 3.01. The summed E-state index contributed by atoms with van der Waals surface area (Å²) in [6.07, 6.45) is 5.25. The van der Waals surface area contributed by atoms with Crippen LogP contribution in [-0.4, -0.2) is 15.0 Å². The molecule has 1 aliphatic rings. The van der Waals surface area contributed by atoms with Crippen LogP contribution in [0.25, 0.3) is 21.8 Å². The first kappa shape index (κ1) is 13.5. The molecule has 0 radical (unpaired) electrons. The van der Waals surface area contributed by atoms with Crippen molar-refractivity contribution in [3.63, 3.8) is 0 Å². The smallest absolute Gasteiger partial charge is 0.222 e. The van der Waals surface area contributed by atoms with Gasteiger partial charge in [0.05, 0.1) is 5.52 Å². The average Bonchev–Trinajstić information content (AvgIpc) is 3.33. The Morgan fingerprint density at radius 3 is 2.75 bits per heavy atom. The summed E-state index contributed by atoms with van der Waals surface area (Å²) in [6.45, 7) is 0. The van der Waals surface area contributed by atoms with Gasteiger partial charge in [-0.15, -0.1) is 0 Å². The average molecular weight is 315 g/mol. The molecule has 0 atom stereocenters. The van der Waals surface area contributed by atoms with Crippen molar-refractivity contribution in [2.45, 2.75) is 19.3 Å². The number of fused-ring (bicyclic) bond motifs is 3. The molecular formula is C20H17N3O. The SMILES string of the molecule is c1ccc2c(c1)[nH]c1cc(Oc3cc(CC4CC4)ncn3)ccc12. The van der Waals surface area contributed by atoms with Gasteiger partial charge in [-0.25, -0.2) is 9.97 Å². The number of benzene rings is 2. The Labute approximate surface area is 139 Å². The van der Waals surface area contributed by atoms with E-state index in [1.54, 1.807) is 6.33 Å². The van der Waals surface area contributed by atoms with E-state index in [2.05, 4.69) is 39.2 Å².